The van der Waals surface area contributed by atoms with Gasteiger partial charge in [-0.1, -0.05) is 17.7 Å². The molecule has 1 aromatic rings. The topological polar surface area (TPSA) is 81.4 Å². The molecule has 6 nitrogen and oxygen atoms in total. The predicted molar refractivity (Wildman–Crippen MR) is 69.5 cm³/mol. The Hall–Kier alpha value is -2.11. The van der Waals surface area contributed by atoms with Crippen LogP contribution in [0.25, 0.3) is 0 Å². The normalized spacial score (nSPS) is 11.6. The van der Waals surface area contributed by atoms with Gasteiger partial charge in [0.15, 0.2) is 11.9 Å². The van der Waals surface area contributed by atoms with Crippen molar-refractivity contribution in [2.75, 3.05) is 5.32 Å². The molecule has 0 saturated carbocycles. The van der Waals surface area contributed by atoms with E-state index in [0.717, 1.165) is 5.57 Å². The molecule has 0 aromatic carbocycles. The molecule has 0 aliphatic carbocycles. The van der Waals surface area contributed by atoms with Gasteiger partial charge in [-0.15, -0.1) is 0 Å². The SMILES string of the molecule is CCC(OC(=O)C=C(C)C)C(=O)Nc1cc(C)on1. The molecular formula is C13H18N2O4. The van der Waals surface area contributed by atoms with E-state index >= 15 is 0 Å². The Kier molecular flexibility index (Phi) is 5.29. The minimum atomic E-state index is -0.847. The standard InChI is InChI=1S/C13H18N2O4/c1-5-10(18-12(16)6-8(2)3)13(17)14-11-7-9(4)19-15-11/h6-7,10H,5H2,1-4H3,(H,14,15,17). The fourth-order valence-corrected chi connectivity index (χ4v) is 1.36. The largest absolute Gasteiger partial charge is 0.449 e. The van der Waals surface area contributed by atoms with Gasteiger partial charge in [0.1, 0.15) is 5.76 Å². The van der Waals surface area contributed by atoms with E-state index in [1.807, 2.05) is 0 Å². The summed E-state index contributed by atoms with van der Waals surface area (Å²) in [6.45, 7) is 7.03. The maximum absolute atomic E-state index is 11.9. The molecule has 0 aliphatic rings. The second-order valence-electron chi connectivity index (χ2n) is 4.37. The second-order valence-corrected chi connectivity index (χ2v) is 4.37. The Balaban J connectivity index is 2.61. The summed E-state index contributed by atoms with van der Waals surface area (Å²) in [5.74, 6) is -0.0614. The lowest BCUT2D eigenvalue weighted by molar-refractivity contribution is -0.149. The van der Waals surface area contributed by atoms with Gasteiger partial charge in [0.25, 0.3) is 5.91 Å². The van der Waals surface area contributed by atoms with Gasteiger partial charge >= 0.3 is 5.97 Å². The third-order valence-corrected chi connectivity index (χ3v) is 2.21. The van der Waals surface area contributed by atoms with E-state index in [4.69, 9.17) is 9.26 Å². The number of nitrogens with one attached hydrogen (secondary N) is 1. The summed E-state index contributed by atoms with van der Waals surface area (Å²) in [5, 5.41) is 6.17. The number of allylic oxidation sites excluding steroid dienone is 1. The minimum Gasteiger partial charge on any atom is -0.449 e. The minimum absolute atomic E-state index is 0.305. The number of hydrogen-bond donors (Lipinski definition) is 1. The van der Waals surface area contributed by atoms with E-state index in [2.05, 4.69) is 10.5 Å². The fourth-order valence-electron chi connectivity index (χ4n) is 1.36. The predicted octanol–water partition coefficient (Wildman–Crippen LogP) is 2.21. The summed E-state index contributed by atoms with van der Waals surface area (Å²) >= 11 is 0. The molecule has 1 amide bonds. The van der Waals surface area contributed by atoms with Crippen LogP contribution in [-0.4, -0.2) is 23.1 Å². The zero-order chi connectivity index (χ0) is 14.4. The first-order valence-electron chi connectivity index (χ1n) is 6.02. The van der Waals surface area contributed by atoms with E-state index in [1.54, 1.807) is 33.8 Å². The highest BCUT2D eigenvalue weighted by atomic mass is 16.5. The van der Waals surface area contributed by atoms with Crippen molar-refractivity contribution >= 4 is 17.7 Å². The van der Waals surface area contributed by atoms with E-state index in [0.29, 0.717) is 18.0 Å². The Morgan fingerprint density at radius 1 is 1.53 bits per heavy atom. The van der Waals surface area contributed by atoms with Crippen molar-refractivity contribution in [2.45, 2.75) is 40.2 Å². The molecular weight excluding hydrogens is 248 g/mol. The van der Waals surface area contributed by atoms with Gasteiger partial charge in [-0.05, 0) is 27.2 Å². The smallest absolute Gasteiger partial charge is 0.331 e. The first-order valence-corrected chi connectivity index (χ1v) is 6.02. The highest BCUT2D eigenvalue weighted by Crippen LogP contribution is 2.09. The molecule has 104 valence electrons. The summed E-state index contributed by atoms with van der Waals surface area (Å²) in [6.07, 6.45) is 0.876. The van der Waals surface area contributed by atoms with Crippen LogP contribution in [0.4, 0.5) is 5.82 Å². The van der Waals surface area contributed by atoms with Crippen LogP contribution in [-0.2, 0) is 14.3 Å². The summed E-state index contributed by atoms with van der Waals surface area (Å²) in [7, 11) is 0. The van der Waals surface area contributed by atoms with Crippen molar-refractivity contribution in [3.8, 4) is 0 Å². The van der Waals surface area contributed by atoms with Gasteiger partial charge < -0.3 is 14.6 Å². The number of aryl methyl sites for hydroxylation is 1. The number of rotatable bonds is 5. The molecule has 0 radical (unpaired) electrons. The summed E-state index contributed by atoms with van der Waals surface area (Å²) in [6, 6.07) is 1.59. The molecule has 0 bridgehead atoms. The maximum atomic E-state index is 11.9. The first kappa shape index (κ1) is 14.9. The Morgan fingerprint density at radius 3 is 2.68 bits per heavy atom. The van der Waals surface area contributed by atoms with Crippen LogP contribution in [0.2, 0.25) is 0 Å². The highest BCUT2D eigenvalue weighted by Gasteiger charge is 2.21. The molecule has 1 unspecified atom stereocenters. The fraction of sp³-hybridized carbons (Fsp3) is 0.462. The van der Waals surface area contributed by atoms with E-state index < -0.39 is 18.0 Å². The van der Waals surface area contributed by atoms with Gasteiger partial charge in [0.05, 0.1) is 0 Å². The molecule has 6 heteroatoms. The molecule has 0 saturated heterocycles. The molecule has 1 N–H and O–H groups in total. The molecule has 1 aromatic heterocycles. The number of aromatic nitrogens is 1. The number of carbonyl (C=O) groups is 2. The lowest BCUT2D eigenvalue weighted by atomic mass is 10.2. The van der Waals surface area contributed by atoms with Crippen molar-refractivity contribution < 1.29 is 18.8 Å². The monoisotopic (exact) mass is 266 g/mol. The molecule has 1 heterocycles. The van der Waals surface area contributed by atoms with Crippen LogP contribution >= 0.6 is 0 Å². The molecule has 1 rings (SSSR count). The number of amides is 1. The third kappa shape index (κ3) is 4.95. The molecule has 19 heavy (non-hydrogen) atoms. The van der Waals surface area contributed by atoms with E-state index in [1.165, 1.54) is 6.08 Å². The molecule has 0 aliphatic heterocycles. The molecule has 0 fully saturated rings. The van der Waals surface area contributed by atoms with Gasteiger partial charge in [0.2, 0.25) is 0 Å². The quantitative estimate of drug-likeness (QED) is 0.652. The van der Waals surface area contributed by atoms with Gasteiger partial charge in [-0.25, -0.2) is 4.79 Å². The average Bonchev–Trinajstić information content (AvgIpc) is 2.70. The lowest BCUT2D eigenvalue weighted by Gasteiger charge is -2.13. The third-order valence-electron chi connectivity index (χ3n) is 2.21. The molecule has 0 spiro atoms. The lowest BCUT2D eigenvalue weighted by Crippen LogP contribution is -2.31. The Bertz CT molecular complexity index is 487. The van der Waals surface area contributed by atoms with Gasteiger partial charge in [-0.2, -0.15) is 0 Å². The van der Waals surface area contributed by atoms with Crippen molar-refractivity contribution in [3.05, 3.63) is 23.5 Å². The first-order chi connectivity index (χ1) is 8.92. The number of anilines is 1. The van der Waals surface area contributed by atoms with Crippen LogP contribution in [0, 0.1) is 6.92 Å². The number of carbonyl (C=O) groups excluding carboxylic acids is 2. The van der Waals surface area contributed by atoms with Crippen LogP contribution < -0.4 is 5.32 Å². The number of hydrogen-bond acceptors (Lipinski definition) is 5. The van der Waals surface area contributed by atoms with Gasteiger partial charge in [0, 0.05) is 12.1 Å². The van der Waals surface area contributed by atoms with E-state index in [-0.39, 0.29) is 0 Å². The zero-order valence-corrected chi connectivity index (χ0v) is 11.5. The maximum Gasteiger partial charge on any atom is 0.331 e. The number of ether oxygens (including phenoxy) is 1. The van der Waals surface area contributed by atoms with Crippen molar-refractivity contribution in [3.63, 3.8) is 0 Å². The summed E-state index contributed by atoms with van der Waals surface area (Å²) in [5.41, 5.74) is 0.812. The van der Waals surface area contributed by atoms with E-state index in [9.17, 15) is 9.59 Å². The van der Waals surface area contributed by atoms with Crippen LogP contribution in [0.5, 0.6) is 0 Å². The number of esters is 1. The van der Waals surface area contributed by atoms with Crippen LogP contribution in [0.1, 0.15) is 33.0 Å². The molecule has 1 atom stereocenters. The van der Waals surface area contributed by atoms with Crippen molar-refractivity contribution in [1.29, 1.82) is 0 Å². The van der Waals surface area contributed by atoms with Gasteiger partial charge in [-0.3, -0.25) is 4.79 Å². The van der Waals surface area contributed by atoms with Crippen molar-refractivity contribution in [1.82, 2.24) is 5.16 Å². The average molecular weight is 266 g/mol. The highest BCUT2D eigenvalue weighted by molar-refractivity contribution is 5.95. The number of nitrogens with zero attached hydrogens (tertiary/aromatic N) is 1. The summed E-state index contributed by atoms with van der Waals surface area (Å²) in [4.78, 5) is 23.4. The Labute approximate surface area is 111 Å². The Morgan fingerprint density at radius 2 is 2.21 bits per heavy atom. The van der Waals surface area contributed by atoms with Crippen LogP contribution in [0.15, 0.2) is 22.2 Å². The van der Waals surface area contributed by atoms with Crippen molar-refractivity contribution in [2.24, 2.45) is 0 Å². The van der Waals surface area contributed by atoms with Crippen LogP contribution in [0.3, 0.4) is 0 Å². The zero-order valence-electron chi connectivity index (χ0n) is 11.5. The summed E-state index contributed by atoms with van der Waals surface area (Å²) < 4.78 is 9.90. The second kappa shape index (κ2) is 6.72.